The summed E-state index contributed by atoms with van der Waals surface area (Å²) in [7, 11) is 4.64. The van der Waals surface area contributed by atoms with E-state index in [0.717, 1.165) is 5.56 Å². The molecule has 0 unspecified atom stereocenters. The van der Waals surface area contributed by atoms with Crippen LogP contribution < -0.4 is 0 Å². The van der Waals surface area contributed by atoms with Gasteiger partial charge in [0.05, 0.1) is 6.29 Å². The first-order valence-electron chi connectivity index (χ1n) is 6.30. The summed E-state index contributed by atoms with van der Waals surface area (Å²) >= 11 is 1.47. The number of hydrogen-bond acceptors (Lipinski definition) is 1. The van der Waals surface area contributed by atoms with Crippen molar-refractivity contribution in [1.82, 2.24) is 0 Å². The Morgan fingerprint density at radius 3 is 1.33 bits per heavy atom. The van der Waals surface area contributed by atoms with E-state index >= 15 is 0 Å². The fraction of sp³-hybridized carbons (Fsp3) is 0.0556. The van der Waals surface area contributed by atoms with Crippen LogP contribution in [0.15, 0.2) is 24.3 Å². The molecular weight excluding hydrogens is 316 g/mol. The minimum absolute atomic E-state index is 0.650. The third-order valence-electron chi connectivity index (χ3n) is 2.37. The van der Waals surface area contributed by atoms with Gasteiger partial charge in [-0.15, -0.1) is 23.3 Å². The predicted octanol–water partition coefficient (Wildman–Crippen LogP) is 4.18. The number of halogens is 1. The molecule has 3 rings (SSSR count). The van der Waals surface area contributed by atoms with E-state index in [1.165, 1.54) is 19.4 Å². The van der Waals surface area contributed by atoms with E-state index in [0.29, 0.717) is 5.56 Å². The second kappa shape index (κ2) is 16.3. The molecule has 104 valence electrons. The molecule has 2 saturated carbocycles. The summed E-state index contributed by atoms with van der Waals surface area (Å²) in [5, 5.41) is 0. The molecule has 0 spiro atoms. The number of benzene rings is 1. The molecule has 2 fully saturated rings. The second-order valence-electron chi connectivity index (χ2n) is 3.84. The second-order valence-corrected chi connectivity index (χ2v) is 3.84. The molecule has 1 aromatic carbocycles. The SMILES string of the molecule is Cc1ccccc1[C-]=O.[CH]1[CH][CH][CH][CH]1.[CH]1[CH][CH][CH][CH]1.[Cl][Ti+3]. The Kier molecular flexibility index (Phi) is 16.2. The average Bonchev–Trinajstić information content (AvgIpc) is 3.28. The van der Waals surface area contributed by atoms with Gasteiger partial charge in [-0.2, -0.15) is 6.07 Å². The standard InChI is InChI=1S/C8H7O.2C5H5.ClH.Ti/c1-7-4-2-3-5-8(7)6-9;2*1-2-4-5-3-1;;/h2-5H,1H3;2*1-5H;1H;/q-1;;;;+4/p-1. The number of rotatable bonds is 1. The van der Waals surface area contributed by atoms with Gasteiger partial charge in [0.15, 0.2) is 0 Å². The number of hydrogen-bond donors (Lipinski definition) is 0. The predicted molar refractivity (Wildman–Crippen MR) is 84.8 cm³/mol. The Morgan fingerprint density at radius 2 is 1.10 bits per heavy atom. The Hall–Kier alpha value is -0.106. The maximum atomic E-state index is 10.1. The van der Waals surface area contributed by atoms with Crippen molar-refractivity contribution in [2.45, 2.75) is 6.92 Å². The molecule has 0 heterocycles. The van der Waals surface area contributed by atoms with Gasteiger partial charge in [-0.3, -0.25) is 0 Å². The van der Waals surface area contributed by atoms with Crippen LogP contribution in [0.5, 0.6) is 0 Å². The van der Waals surface area contributed by atoms with Gasteiger partial charge >= 0.3 is 28.7 Å². The summed E-state index contributed by atoms with van der Waals surface area (Å²) in [6, 6.07) is 7.37. The molecule has 3 heteroatoms. The Morgan fingerprint density at radius 1 is 0.762 bits per heavy atom. The molecule has 0 aliphatic heterocycles. The fourth-order valence-electron chi connectivity index (χ4n) is 1.33. The molecule has 0 amide bonds. The molecule has 10 radical (unpaired) electrons. The molecule has 1 aromatic rings. The van der Waals surface area contributed by atoms with E-state index in [4.69, 9.17) is 0 Å². The van der Waals surface area contributed by atoms with E-state index in [-0.39, 0.29) is 0 Å². The van der Waals surface area contributed by atoms with Crippen LogP contribution in [-0.4, -0.2) is 6.29 Å². The summed E-state index contributed by atoms with van der Waals surface area (Å²) in [4.78, 5) is 10.1. The van der Waals surface area contributed by atoms with Crippen molar-refractivity contribution >= 4 is 15.6 Å². The first kappa shape index (κ1) is 20.9. The van der Waals surface area contributed by atoms with E-state index in [1.807, 2.05) is 95.6 Å². The van der Waals surface area contributed by atoms with Gasteiger partial charge in [0.1, 0.15) is 0 Å². The van der Waals surface area contributed by atoms with Gasteiger partial charge in [-0.05, 0) is 64.2 Å². The van der Waals surface area contributed by atoms with Crippen LogP contribution in [0.4, 0.5) is 0 Å². The van der Waals surface area contributed by atoms with Crippen LogP contribution in [-0.2, 0) is 24.2 Å². The first-order valence-corrected chi connectivity index (χ1v) is 8.45. The van der Waals surface area contributed by atoms with Crippen molar-refractivity contribution in [2.75, 3.05) is 0 Å². The van der Waals surface area contributed by atoms with E-state index < -0.39 is 0 Å². The molecule has 2 aliphatic rings. The van der Waals surface area contributed by atoms with E-state index in [2.05, 4.69) is 9.30 Å². The van der Waals surface area contributed by atoms with Gasteiger partial charge < -0.3 is 4.79 Å². The van der Waals surface area contributed by atoms with E-state index in [1.54, 1.807) is 6.07 Å². The van der Waals surface area contributed by atoms with E-state index in [9.17, 15) is 4.79 Å². The molecule has 0 aromatic heterocycles. The number of carbonyl (C=O) groups excluding carboxylic acids is 1. The van der Waals surface area contributed by atoms with Crippen molar-refractivity contribution in [3.8, 4) is 0 Å². The van der Waals surface area contributed by atoms with Gasteiger partial charge in [0, 0.05) is 0 Å². The minimum atomic E-state index is 0.650. The molecule has 1 nitrogen and oxygen atoms in total. The molecule has 0 atom stereocenters. The molecule has 0 saturated heterocycles. The van der Waals surface area contributed by atoms with Crippen LogP contribution in [0.1, 0.15) is 11.1 Å². The van der Waals surface area contributed by atoms with Gasteiger partial charge in [-0.1, -0.05) is 13.0 Å². The summed E-state index contributed by atoms with van der Waals surface area (Å²) in [5.74, 6) is 0. The third kappa shape index (κ3) is 12.2. The van der Waals surface area contributed by atoms with Gasteiger partial charge in [0.25, 0.3) is 0 Å². The van der Waals surface area contributed by atoms with Crippen LogP contribution in [0, 0.1) is 71.1 Å². The van der Waals surface area contributed by atoms with Gasteiger partial charge in [0.2, 0.25) is 0 Å². The Labute approximate surface area is 146 Å². The zero-order chi connectivity index (χ0) is 15.8. The fourth-order valence-corrected chi connectivity index (χ4v) is 1.33. The zero-order valence-corrected chi connectivity index (χ0v) is 14.2. The summed E-state index contributed by atoms with van der Waals surface area (Å²) in [6.07, 6.45) is 21.8. The third-order valence-corrected chi connectivity index (χ3v) is 2.37. The summed E-state index contributed by atoms with van der Waals surface area (Å²) in [5.41, 5.74) is 1.63. The molecule has 0 bridgehead atoms. The van der Waals surface area contributed by atoms with Crippen LogP contribution in [0.25, 0.3) is 0 Å². The maximum absolute atomic E-state index is 10.1. The zero-order valence-electron chi connectivity index (χ0n) is 11.9. The van der Waals surface area contributed by atoms with Crippen LogP contribution >= 0.6 is 9.30 Å². The van der Waals surface area contributed by atoms with Crippen molar-refractivity contribution in [3.63, 3.8) is 0 Å². The molecular formula is C18H17ClOTi+2. The Balaban J connectivity index is 0.000000286. The molecule has 21 heavy (non-hydrogen) atoms. The topological polar surface area (TPSA) is 17.1 Å². The first-order chi connectivity index (χ1) is 10.3. The molecule has 0 N–H and O–H groups in total. The normalized spacial score (nSPS) is 15.6. The number of aryl methyl sites for hydroxylation is 1. The summed E-state index contributed by atoms with van der Waals surface area (Å²) in [6.45, 7) is 1.89. The van der Waals surface area contributed by atoms with Crippen molar-refractivity contribution in [1.29, 1.82) is 0 Å². The summed E-state index contributed by atoms with van der Waals surface area (Å²) < 4.78 is 0. The monoisotopic (exact) mass is 332 g/mol. The van der Waals surface area contributed by atoms with Gasteiger partial charge in [-0.25, -0.2) is 0 Å². The van der Waals surface area contributed by atoms with Crippen LogP contribution in [0.2, 0.25) is 0 Å². The Bertz CT molecular complexity index is 322. The molecule has 2 aliphatic carbocycles. The quantitative estimate of drug-likeness (QED) is 0.557. The average molecular weight is 333 g/mol. The van der Waals surface area contributed by atoms with Crippen molar-refractivity contribution in [2.24, 2.45) is 0 Å². The van der Waals surface area contributed by atoms with Crippen LogP contribution in [0.3, 0.4) is 0 Å². The van der Waals surface area contributed by atoms with Crippen molar-refractivity contribution in [3.05, 3.63) is 99.6 Å². The van der Waals surface area contributed by atoms with Crippen molar-refractivity contribution < 1.29 is 24.2 Å².